The number of aromatic nitrogens is 1. The summed E-state index contributed by atoms with van der Waals surface area (Å²) in [5, 5.41) is 3.51. The zero-order valence-corrected chi connectivity index (χ0v) is 12.2. The smallest absolute Gasteiger partial charge is 0.107 e. The van der Waals surface area contributed by atoms with E-state index in [-0.39, 0.29) is 0 Å². The minimum Gasteiger partial charge on any atom is -0.389 e. The molecular formula is C14H21N3S. The van der Waals surface area contributed by atoms with Gasteiger partial charge < -0.3 is 11.1 Å². The average Bonchev–Trinajstić information content (AvgIpc) is 2.22. The van der Waals surface area contributed by atoms with E-state index in [1.54, 1.807) is 0 Å². The fraction of sp³-hybridized carbons (Fsp3) is 0.571. The molecule has 4 heteroatoms. The van der Waals surface area contributed by atoms with E-state index < -0.39 is 0 Å². The largest absolute Gasteiger partial charge is 0.389 e. The SMILES string of the molecule is Cc1cc(NCC2(C)CCC2)c(C(N)=S)c(C)n1. The van der Waals surface area contributed by atoms with Crippen LogP contribution in [0.3, 0.4) is 0 Å². The molecule has 0 bridgehead atoms. The molecule has 1 aromatic heterocycles. The minimum absolute atomic E-state index is 0.418. The van der Waals surface area contributed by atoms with Crippen molar-refractivity contribution in [2.24, 2.45) is 11.1 Å². The van der Waals surface area contributed by atoms with Gasteiger partial charge >= 0.3 is 0 Å². The second-order valence-corrected chi connectivity index (χ2v) is 6.09. The lowest BCUT2D eigenvalue weighted by Gasteiger charge is -2.39. The Morgan fingerprint density at radius 2 is 2.17 bits per heavy atom. The number of hydrogen-bond acceptors (Lipinski definition) is 3. The van der Waals surface area contributed by atoms with E-state index in [1.165, 1.54) is 19.3 Å². The molecule has 98 valence electrons. The van der Waals surface area contributed by atoms with E-state index in [0.717, 1.165) is 29.2 Å². The summed E-state index contributed by atoms with van der Waals surface area (Å²) < 4.78 is 0. The summed E-state index contributed by atoms with van der Waals surface area (Å²) in [5.74, 6) is 0. The quantitative estimate of drug-likeness (QED) is 0.820. The van der Waals surface area contributed by atoms with Crippen LogP contribution in [0.15, 0.2) is 6.07 Å². The predicted octanol–water partition coefficient (Wildman–Crippen LogP) is 2.93. The van der Waals surface area contributed by atoms with E-state index in [0.29, 0.717) is 10.4 Å². The Morgan fingerprint density at radius 1 is 1.50 bits per heavy atom. The number of nitrogens with zero attached hydrogens (tertiary/aromatic N) is 1. The van der Waals surface area contributed by atoms with Crippen molar-refractivity contribution in [1.29, 1.82) is 0 Å². The lowest BCUT2D eigenvalue weighted by Crippen LogP contribution is -2.33. The number of pyridine rings is 1. The molecular weight excluding hydrogens is 242 g/mol. The molecule has 0 saturated heterocycles. The van der Waals surface area contributed by atoms with Crippen molar-refractivity contribution in [2.75, 3.05) is 11.9 Å². The molecule has 1 aromatic rings. The van der Waals surface area contributed by atoms with Gasteiger partial charge in [0.25, 0.3) is 0 Å². The van der Waals surface area contributed by atoms with Gasteiger partial charge in [-0.25, -0.2) is 0 Å². The van der Waals surface area contributed by atoms with Crippen LogP contribution in [0.4, 0.5) is 5.69 Å². The van der Waals surface area contributed by atoms with E-state index >= 15 is 0 Å². The molecule has 2 rings (SSSR count). The molecule has 18 heavy (non-hydrogen) atoms. The van der Waals surface area contributed by atoms with Gasteiger partial charge in [0.1, 0.15) is 4.99 Å². The van der Waals surface area contributed by atoms with E-state index in [9.17, 15) is 0 Å². The molecule has 0 unspecified atom stereocenters. The van der Waals surface area contributed by atoms with Crippen LogP contribution in [0.5, 0.6) is 0 Å². The van der Waals surface area contributed by atoms with Crippen molar-refractivity contribution in [2.45, 2.75) is 40.0 Å². The Balaban J connectivity index is 2.22. The first-order chi connectivity index (χ1) is 8.41. The Kier molecular flexibility index (Phi) is 3.57. The second kappa shape index (κ2) is 4.84. The molecule has 0 aliphatic heterocycles. The molecule has 1 heterocycles. The molecule has 3 N–H and O–H groups in total. The third kappa shape index (κ3) is 2.64. The fourth-order valence-corrected chi connectivity index (χ4v) is 2.80. The Bertz CT molecular complexity index is 478. The van der Waals surface area contributed by atoms with Crippen LogP contribution in [0.25, 0.3) is 0 Å². The van der Waals surface area contributed by atoms with Gasteiger partial charge in [-0.15, -0.1) is 0 Å². The summed E-state index contributed by atoms with van der Waals surface area (Å²) in [6.07, 6.45) is 3.94. The average molecular weight is 263 g/mol. The van der Waals surface area contributed by atoms with Crippen LogP contribution in [-0.2, 0) is 0 Å². The molecule has 0 spiro atoms. The second-order valence-electron chi connectivity index (χ2n) is 5.65. The lowest BCUT2D eigenvalue weighted by atomic mass is 9.70. The standard InChI is InChI=1S/C14H21N3S/c1-9-7-11(12(13(15)18)10(2)17-9)16-8-14(3)5-4-6-14/h7H,4-6,8H2,1-3H3,(H2,15,18)(H,16,17). The summed E-state index contributed by atoms with van der Waals surface area (Å²) in [6.45, 7) is 7.25. The first kappa shape index (κ1) is 13.3. The van der Waals surface area contributed by atoms with Gasteiger partial charge in [0.2, 0.25) is 0 Å². The molecule has 1 aliphatic carbocycles. The van der Waals surface area contributed by atoms with Crippen molar-refractivity contribution in [1.82, 2.24) is 4.98 Å². The first-order valence-electron chi connectivity index (χ1n) is 6.43. The normalized spacial score (nSPS) is 17.1. The minimum atomic E-state index is 0.418. The summed E-state index contributed by atoms with van der Waals surface area (Å²) >= 11 is 5.13. The Morgan fingerprint density at radius 3 is 2.67 bits per heavy atom. The highest BCUT2D eigenvalue weighted by Crippen LogP contribution is 2.40. The number of rotatable bonds is 4. The number of nitrogens with one attached hydrogen (secondary N) is 1. The van der Waals surface area contributed by atoms with Crippen LogP contribution in [0.1, 0.15) is 43.1 Å². The van der Waals surface area contributed by atoms with E-state index in [4.69, 9.17) is 18.0 Å². The van der Waals surface area contributed by atoms with E-state index in [2.05, 4.69) is 17.2 Å². The van der Waals surface area contributed by atoms with Crippen molar-refractivity contribution >= 4 is 22.9 Å². The van der Waals surface area contributed by atoms with Crippen molar-refractivity contribution in [3.8, 4) is 0 Å². The van der Waals surface area contributed by atoms with Gasteiger partial charge in [0.05, 0.1) is 5.56 Å². The number of hydrogen-bond donors (Lipinski definition) is 2. The third-order valence-electron chi connectivity index (χ3n) is 3.84. The highest BCUT2D eigenvalue weighted by Gasteiger charge is 2.31. The molecule has 1 aliphatic rings. The molecule has 0 atom stereocenters. The van der Waals surface area contributed by atoms with Gasteiger partial charge in [-0.1, -0.05) is 25.6 Å². The number of anilines is 1. The summed E-state index contributed by atoms with van der Waals surface area (Å²) in [4.78, 5) is 4.84. The maximum atomic E-state index is 5.80. The molecule has 1 saturated carbocycles. The first-order valence-corrected chi connectivity index (χ1v) is 6.84. The maximum Gasteiger partial charge on any atom is 0.107 e. The Labute approximate surface area is 114 Å². The number of nitrogens with two attached hydrogens (primary N) is 1. The van der Waals surface area contributed by atoms with Crippen LogP contribution in [0.2, 0.25) is 0 Å². The van der Waals surface area contributed by atoms with Crippen molar-refractivity contribution in [3.05, 3.63) is 23.0 Å². The fourth-order valence-electron chi connectivity index (χ4n) is 2.54. The summed E-state index contributed by atoms with van der Waals surface area (Å²) in [6, 6.07) is 2.03. The molecule has 0 radical (unpaired) electrons. The zero-order chi connectivity index (χ0) is 13.3. The van der Waals surface area contributed by atoms with Crippen LogP contribution >= 0.6 is 12.2 Å². The number of aryl methyl sites for hydroxylation is 2. The van der Waals surface area contributed by atoms with Gasteiger partial charge in [-0.05, 0) is 38.2 Å². The third-order valence-corrected chi connectivity index (χ3v) is 4.05. The summed E-state index contributed by atoms with van der Waals surface area (Å²) in [5.41, 5.74) is 10.0. The van der Waals surface area contributed by atoms with Gasteiger partial charge in [-0.3, -0.25) is 4.98 Å². The van der Waals surface area contributed by atoms with Crippen LogP contribution in [-0.4, -0.2) is 16.5 Å². The predicted molar refractivity (Wildman–Crippen MR) is 80.0 cm³/mol. The molecule has 0 amide bonds. The molecule has 0 aromatic carbocycles. The monoisotopic (exact) mass is 263 g/mol. The maximum absolute atomic E-state index is 5.80. The van der Waals surface area contributed by atoms with E-state index in [1.807, 2.05) is 19.9 Å². The van der Waals surface area contributed by atoms with Crippen molar-refractivity contribution < 1.29 is 0 Å². The van der Waals surface area contributed by atoms with Crippen LogP contribution < -0.4 is 11.1 Å². The van der Waals surface area contributed by atoms with Gasteiger partial charge in [-0.2, -0.15) is 0 Å². The van der Waals surface area contributed by atoms with Gasteiger partial charge in [0.15, 0.2) is 0 Å². The molecule has 3 nitrogen and oxygen atoms in total. The highest BCUT2D eigenvalue weighted by molar-refractivity contribution is 7.80. The van der Waals surface area contributed by atoms with Gasteiger partial charge in [0, 0.05) is 23.6 Å². The number of thiocarbonyl (C=S) groups is 1. The van der Waals surface area contributed by atoms with Crippen LogP contribution in [0, 0.1) is 19.3 Å². The highest BCUT2D eigenvalue weighted by atomic mass is 32.1. The van der Waals surface area contributed by atoms with Crippen molar-refractivity contribution in [3.63, 3.8) is 0 Å². The zero-order valence-electron chi connectivity index (χ0n) is 11.3. The summed E-state index contributed by atoms with van der Waals surface area (Å²) in [7, 11) is 0. The molecule has 1 fully saturated rings. The lowest BCUT2D eigenvalue weighted by molar-refractivity contribution is 0.180. The topological polar surface area (TPSA) is 50.9 Å². The Hall–Kier alpha value is -1.16.